The molecule has 0 fully saturated rings. The highest BCUT2D eigenvalue weighted by molar-refractivity contribution is 6.30. The standard InChI is InChI=1S/C14H15ClO3/c1-9(14(16)17)18-13-7-6-11(15)8-12(13)10-4-2-3-5-10/h4,6-9H,2-3,5H2,1H3,(H,16,17). The number of hydrogen-bond acceptors (Lipinski definition) is 2. The van der Waals surface area contributed by atoms with Gasteiger partial charge in [0.2, 0.25) is 0 Å². The first-order valence-electron chi connectivity index (χ1n) is 5.96. The van der Waals surface area contributed by atoms with Crippen LogP contribution in [0.1, 0.15) is 31.7 Å². The zero-order valence-electron chi connectivity index (χ0n) is 10.1. The van der Waals surface area contributed by atoms with Gasteiger partial charge in [0.15, 0.2) is 6.10 Å². The van der Waals surface area contributed by atoms with Crippen molar-refractivity contribution in [2.24, 2.45) is 0 Å². The number of rotatable bonds is 4. The maximum atomic E-state index is 10.8. The number of aliphatic carboxylic acids is 1. The summed E-state index contributed by atoms with van der Waals surface area (Å²) < 4.78 is 5.48. The second-order valence-corrected chi connectivity index (χ2v) is 4.80. The van der Waals surface area contributed by atoms with E-state index in [4.69, 9.17) is 21.4 Å². The number of allylic oxidation sites excluding steroid dienone is 2. The van der Waals surface area contributed by atoms with E-state index < -0.39 is 12.1 Å². The molecule has 0 saturated heterocycles. The largest absolute Gasteiger partial charge is 0.479 e. The van der Waals surface area contributed by atoms with Crippen LogP contribution in [0.4, 0.5) is 0 Å². The van der Waals surface area contributed by atoms with E-state index in [0.717, 1.165) is 24.8 Å². The Morgan fingerprint density at radius 2 is 2.28 bits per heavy atom. The summed E-state index contributed by atoms with van der Waals surface area (Å²) in [6.07, 6.45) is 4.44. The fourth-order valence-electron chi connectivity index (χ4n) is 2.01. The van der Waals surface area contributed by atoms with Gasteiger partial charge in [0.1, 0.15) is 5.75 Å². The minimum absolute atomic E-state index is 0.586. The first kappa shape index (κ1) is 13.0. The average Bonchev–Trinajstić information content (AvgIpc) is 2.84. The first-order valence-corrected chi connectivity index (χ1v) is 6.34. The molecular weight excluding hydrogens is 252 g/mol. The fourth-order valence-corrected chi connectivity index (χ4v) is 2.18. The van der Waals surface area contributed by atoms with Crippen LogP contribution in [0.5, 0.6) is 5.75 Å². The summed E-state index contributed by atoms with van der Waals surface area (Å²) in [6, 6.07) is 5.28. The van der Waals surface area contributed by atoms with Crippen molar-refractivity contribution in [1.29, 1.82) is 0 Å². The summed E-state index contributed by atoms with van der Waals surface area (Å²) in [5.74, 6) is -0.390. The zero-order chi connectivity index (χ0) is 13.1. The molecule has 18 heavy (non-hydrogen) atoms. The topological polar surface area (TPSA) is 46.5 Å². The van der Waals surface area contributed by atoms with Crippen LogP contribution in [-0.4, -0.2) is 17.2 Å². The molecule has 1 aromatic rings. The van der Waals surface area contributed by atoms with Crippen LogP contribution in [-0.2, 0) is 4.79 Å². The van der Waals surface area contributed by atoms with Gasteiger partial charge in [-0.2, -0.15) is 0 Å². The predicted octanol–water partition coefficient (Wildman–Crippen LogP) is 3.76. The van der Waals surface area contributed by atoms with Gasteiger partial charge >= 0.3 is 5.97 Å². The van der Waals surface area contributed by atoms with Gasteiger partial charge in [-0.15, -0.1) is 0 Å². The summed E-state index contributed by atoms with van der Waals surface area (Å²) in [5.41, 5.74) is 2.10. The van der Waals surface area contributed by atoms with E-state index in [-0.39, 0.29) is 0 Å². The molecule has 0 aromatic heterocycles. The molecule has 3 nitrogen and oxygen atoms in total. The maximum absolute atomic E-state index is 10.8. The van der Waals surface area contributed by atoms with Gasteiger partial charge in [-0.1, -0.05) is 17.7 Å². The Hall–Kier alpha value is -1.48. The molecule has 0 aliphatic heterocycles. The molecule has 1 aromatic carbocycles. The van der Waals surface area contributed by atoms with Crippen molar-refractivity contribution in [2.75, 3.05) is 0 Å². The molecule has 0 spiro atoms. The smallest absolute Gasteiger partial charge is 0.344 e. The van der Waals surface area contributed by atoms with Gasteiger partial charge in [-0.25, -0.2) is 4.79 Å². The second-order valence-electron chi connectivity index (χ2n) is 4.36. The van der Waals surface area contributed by atoms with E-state index in [1.54, 1.807) is 12.1 Å². The highest BCUT2D eigenvalue weighted by atomic mass is 35.5. The van der Waals surface area contributed by atoms with Gasteiger partial charge < -0.3 is 9.84 Å². The summed E-state index contributed by atoms with van der Waals surface area (Å²) >= 11 is 6.00. The molecule has 1 N–H and O–H groups in total. The van der Waals surface area contributed by atoms with Crippen molar-refractivity contribution in [2.45, 2.75) is 32.3 Å². The maximum Gasteiger partial charge on any atom is 0.344 e. The molecule has 1 unspecified atom stereocenters. The van der Waals surface area contributed by atoms with Crippen molar-refractivity contribution >= 4 is 23.1 Å². The summed E-state index contributed by atoms with van der Waals surface area (Å²) in [5, 5.41) is 9.52. The SMILES string of the molecule is CC(Oc1ccc(Cl)cc1C1=CCCC1)C(=O)O. The van der Waals surface area contributed by atoms with Crippen LogP contribution >= 0.6 is 11.6 Å². The van der Waals surface area contributed by atoms with Crippen LogP contribution in [0.25, 0.3) is 5.57 Å². The van der Waals surface area contributed by atoms with Crippen LogP contribution < -0.4 is 4.74 Å². The van der Waals surface area contributed by atoms with Crippen molar-refractivity contribution in [3.63, 3.8) is 0 Å². The fraction of sp³-hybridized carbons (Fsp3) is 0.357. The third-order valence-corrected chi connectivity index (χ3v) is 3.22. The molecule has 0 radical (unpaired) electrons. The Labute approximate surface area is 111 Å². The van der Waals surface area contributed by atoms with E-state index in [9.17, 15) is 4.79 Å². The first-order chi connectivity index (χ1) is 8.58. The minimum atomic E-state index is -0.976. The predicted molar refractivity (Wildman–Crippen MR) is 71.0 cm³/mol. The third-order valence-electron chi connectivity index (χ3n) is 2.98. The average molecular weight is 267 g/mol. The second kappa shape index (κ2) is 5.44. The Balaban J connectivity index is 2.31. The summed E-state index contributed by atoms with van der Waals surface area (Å²) in [6.45, 7) is 1.52. The Kier molecular flexibility index (Phi) is 3.92. The van der Waals surface area contributed by atoms with Gasteiger partial charge in [0.25, 0.3) is 0 Å². The van der Waals surface area contributed by atoms with E-state index in [1.807, 2.05) is 6.07 Å². The van der Waals surface area contributed by atoms with E-state index in [1.165, 1.54) is 12.5 Å². The van der Waals surface area contributed by atoms with Crippen molar-refractivity contribution in [3.05, 3.63) is 34.9 Å². The Morgan fingerprint density at radius 1 is 1.50 bits per heavy atom. The molecule has 1 aliphatic rings. The number of benzene rings is 1. The molecule has 0 heterocycles. The van der Waals surface area contributed by atoms with Crippen molar-refractivity contribution in [1.82, 2.24) is 0 Å². The molecular formula is C14H15ClO3. The molecule has 1 atom stereocenters. The molecule has 4 heteroatoms. The lowest BCUT2D eigenvalue weighted by molar-refractivity contribution is -0.144. The number of halogens is 1. The van der Waals surface area contributed by atoms with E-state index in [2.05, 4.69) is 6.08 Å². The molecule has 0 bridgehead atoms. The van der Waals surface area contributed by atoms with Crippen molar-refractivity contribution in [3.8, 4) is 5.75 Å². The summed E-state index contributed by atoms with van der Waals surface area (Å²) in [7, 11) is 0. The number of hydrogen-bond donors (Lipinski definition) is 1. The van der Waals surface area contributed by atoms with Crippen LogP contribution in [0.15, 0.2) is 24.3 Å². The highest BCUT2D eigenvalue weighted by Gasteiger charge is 2.18. The number of carbonyl (C=O) groups is 1. The lowest BCUT2D eigenvalue weighted by Gasteiger charge is -2.15. The third kappa shape index (κ3) is 2.85. The minimum Gasteiger partial charge on any atom is -0.479 e. The van der Waals surface area contributed by atoms with Gasteiger partial charge in [-0.05, 0) is 50.0 Å². The lowest BCUT2D eigenvalue weighted by Crippen LogP contribution is -2.23. The van der Waals surface area contributed by atoms with Gasteiger partial charge in [-0.3, -0.25) is 0 Å². The quantitative estimate of drug-likeness (QED) is 0.903. The molecule has 2 rings (SSSR count). The van der Waals surface area contributed by atoms with Crippen LogP contribution in [0.2, 0.25) is 5.02 Å². The number of ether oxygens (including phenoxy) is 1. The number of carboxylic acid groups (broad SMARTS) is 1. The van der Waals surface area contributed by atoms with Gasteiger partial charge in [0.05, 0.1) is 0 Å². The lowest BCUT2D eigenvalue weighted by atomic mass is 10.0. The molecule has 96 valence electrons. The zero-order valence-corrected chi connectivity index (χ0v) is 10.9. The Bertz CT molecular complexity index is 494. The summed E-state index contributed by atoms with van der Waals surface area (Å²) in [4.78, 5) is 10.8. The number of carboxylic acids is 1. The normalized spacial score (nSPS) is 16.2. The van der Waals surface area contributed by atoms with Crippen LogP contribution in [0.3, 0.4) is 0 Å². The van der Waals surface area contributed by atoms with E-state index in [0.29, 0.717) is 10.8 Å². The van der Waals surface area contributed by atoms with E-state index >= 15 is 0 Å². The highest BCUT2D eigenvalue weighted by Crippen LogP contribution is 2.35. The molecule has 0 amide bonds. The molecule has 0 saturated carbocycles. The van der Waals surface area contributed by atoms with Gasteiger partial charge in [0, 0.05) is 10.6 Å². The van der Waals surface area contributed by atoms with Crippen LogP contribution in [0, 0.1) is 0 Å². The Morgan fingerprint density at radius 3 is 2.89 bits per heavy atom. The van der Waals surface area contributed by atoms with Crippen molar-refractivity contribution < 1.29 is 14.6 Å². The monoisotopic (exact) mass is 266 g/mol. The molecule has 1 aliphatic carbocycles.